The van der Waals surface area contributed by atoms with Crippen molar-refractivity contribution in [1.29, 1.82) is 0 Å². The van der Waals surface area contributed by atoms with Crippen LogP contribution < -0.4 is 0 Å². The van der Waals surface area contributed by atoms with E-state index in [9.17, 15) is 0 Å². The van der Waals surface area contributed by atoms with Crippen LogP contribution in [0.1, 0.15) is 37.4 Å². The summed E-state index contributed by atoms with van der Waals surface area (Å²) in [5.74, 6) is 0. The zero-order valence-corrected chi connectivity index (χ0v) is 9.13. The lowest BCUT2D eigenvalue weighted by atomic mass is 10.3. The second-order valence-corrected chi connectivity index (χ2v) is 4.18. The zero-order chi connectivity index (χ0) is 9.97. The maximum Gasteiger partial charge on any atom is 0.107 e. The zero-order valence-electron chi connectivity index (χ0n) is 8.37. The van der Waals surface area contributed by atoms with E-state index < -0.39 is 0 Å². The van der Waals surface area contributed by atoms with Gasteiger partial charge in [-0.15, -0.1) is 0 Å². The monoisotopic (exact) mass is 214 g/mol. The van der Waals surface area contributed by atoms with Crippen LogP contribution in [0.15, 0.2) is 6.20 Å². The highest BCUT2D eigenvalue weighted by molar-refractivity contribution is 6.31. The highest BCUT2D eigenvalue weighted by Gasteiger charge is 2.19. The lowest BCUT2D eigenvalue weighted by Crippen LogP contribution is -2.05. The molecule has 1 aromatic heterocycles. The largest absolute Gasteiger partial charge is 0.378 e. The van der Waals surface area contributed by atoms with E-state index in [-0.39, 0.29) is 0 Å². The van der Waals surface area contributed by atoms with E-state index in [1.807, 2.05) is 10.9 Å². The second-order valence-electron chi connectivity index (χ2n) is 3.78. The van der Waals surface area contributed by atoms with Crippen LogP contribution in [0.25, 0.3) is 0 Å². The maximum absolute atomic E-state index is 6.04. The smallest absolute Gasteiger partial charge is 0.107 e. The van der Waals surface area contributed by atoms with E-state index in [0.29, 0.717) is 12.6 Å². The van der Waals surface area contributed by atoms with Crippen LogP contribution in [0.5, 0.6) is 0 Å². The first-order chi connectivity index (χ1) is 6.81. The molecule has 0 aromatic carbocycles. The summed E-state index contributed by atoms with van der Waals surface area (Å²) in [6.07, 6.45) is 6.99. The van der Waals surface area contributed by atoms with Gasteiger partial charge in [0.05, 0.1) is 17.7 Å². The van der Waals surface area contributed by atoms with E-state index >= 15 is 0 Å². The third-order valence-corrected chi connectivity index (χ3v) is 3.05. The van der Waals surface area contributed by atoms with Crippen LogP contribution in [0.2, 0.25) is 5.02 Å². The summed E-state index contributed by atoms with van der Waals surface area (Å²) >= 11 is 6.04. The second kappa shape index (κ2) is 4.32. The number of nitrogens with zero attached hydrogens (tertiary/aromatic N) is 2. The summed E-state index contributed by atoms with van der Waals surface area (Å²) in [5, 5.41) is 5.16. The van der Waals surface area contributed by atoms with Gasteiger partial charge in [0.1, 0.15) is 5.69 Å². The third-order valence-electron chi connectivity index (χ3n) is 2.74. The topological polar surface area (TPSA) is 27.1 Å². The van der Waals surface area contributed by atoms with Gasteiger partial charge in [0.2, 0.25) is 0 Å². The van der Waals surface area contributed by atoms with Gasteiger partial charge in [0, 0.05) is 13.3 Å². The van der Waals surface area contributed by atoms with E-state index in [1.54, 1.807) is 7.11 Å². The van der Waals surface area contributed by atoms with Crippen LogP contribution in [-0.2, 0) is 11.3 Å². The summed E-state index contributed by atoms with van der Waals surface area (Å²) in [7, 11) is 1.66. The molecular formula is C10H15ClN2O. The van der Waals surface area contributed by atoms with Crippen molar-refractivity contribution in [2.45, 2.75) is 38.3 Å². The molecule has 14 heavy (non-hydrogen) atoms. The van der Waals surface area contributed by atoms with Gasteiger partial charge < -0.3 is 4.74 Å². The van der Waals surface area contributed by atoms with Crippen LogP contribution >= 0.6 is 11.6 Å². The first-order valence-corrected chi connectivity index (χ1v) is 5.41. The number of ether oxygens (including phenoxy) is 1. The van der Waals surface area contributed by atoms with Gasteiger partial charge in [-0.2, -0.15) is 5.10 Å². The quantitative estimate of drug-likeness (QED) is 0.774. The molecule has 0 radical (unpaired) electrons. The summed E-state index contributed by atoms with van der Waals surface area (Å²) in [4.78, 5) is 0. The normalized spacial score (nSPS) is 17.9. The van der Waals surface area contributed by atoms with Crippen molar-refractivity contribution in [3.05, 3.63) is 16.9 Å². The molecule has 1 aromatic rings. The van der Waals surface area contributed by atoms with Crippen molar-refractivity contribution in [2.24, 2.45) is 0 Å². The Morgan fingerprint density at radius 1 is 1.57 bits per heavy atom. The van der Waals surface area contributed by atoms with Crippen LogP contribution in [0, 0.1) is 0 Å². The fourth-order valence-corrected chi connectivity index (χ4v) is 2.19. The molecule has 0 unspecified atom stereocenters. The lowest BCUT2D eigenvalue weighted by Gasteiger charge is -2.08. The molecule has 1 saturated carbocycles. The van der Waals surface area contributed by atoms with Gasteiger partial charge in [-0.05, 0) is 12.8 Å². The molecule has 0 saturated heterocycles. The molecule has 1 aliphatic carbocycles. The third kappa shape index (κ3) is 1.93. The summed E-state index contributed by atoms with van der Waals surface area (Å²) in [5.41, 5.74) is 0.848. The average Bonchev–Trinajstić information content (AvgIpc) is 2.76. The summed E-state index contributed by atoms with van der Waals surface area (Å²) in [6.45, 7) is 0.499. The first-order valence-electron chi connectivity index (χ1n) is 5.03. The number of aromatic nitrogens is 2. The lowest BCUT2D eigenvalue weighted by molar-refractivity contribution is 0.180. The number of methoxy groups -OCH3 is 1. The SMILES string of the molecule is COCc1nn(C2CCCC2)cc1Cl. The van der Waals surface area contributed by atoms with Gasteiger partial charge in [-0.3, -0.25) is 4.68 Å². The number of rotatable bonds is 3. The van der Waals surface area contributed by atoms with Gasteiger partial charge in [0.25, 0.3) is 0 Å². The van der Waals surface area contributed by atoms with E-state index in [0.717, 1.165) is 10.7 Å². The molecule has 0 bridgehead atoms. The maximum atomic E-state index is 6.04. The Hall–Kier alpha value is -0.540. The fourth-order valence-electron chi connectivity index (χ4n) is 2.00. The Labute approximate surface area is 89.0 Å². The summed E-state index contributed by atoms with van der Waals surface area (Å²) in [6, 6.07) is 0.554. The first kappa shape index (κ1) is 9.99. The highest BCUT2D eigenvalue weighted by Crippen LogP contribution is 2.30. The molecule has 2 rings (SSSR count). The average molecular weight is 215 g/mol. The molecule has 0 spiro atoms. The van der Waals surface area contributed by atoms with E-state index in [4.69, 9.17) is 16.3 Å². The molecule has 3 nitrogen and oxygen atoms in total. The van der Waals surface area contributed by atoms with Gasteiger partial charge in [0.15, 0.2) is 0 Å². The predicted molar refractivity (Wildman–Crippen MR) is 55.5 cm³/mol. The molecule has 1 fully saturated rings. The molecule has 1 aliphatic rings. The number of hydrogen-bond acceptors (Lipinski definition) is 2. The van der Waals surface area contributed by atoms with Crippen LogP contribution in [0.4, 0.5) is 0 Å². The molecule has 0 atom stereocenters. The Bertz CT molecular complexity index is 305. The van der Waals surface area contributed by atoms with Crippen molar-refractivity contribution < 1.29 is 4.74 Å². The van der Waals surface area contributed by atoms with Crippen LogP contribution in [0.3, 0.4) is 0 Å². The highest BCUT2D eigenvalue weighted by atomic mass is 35.5. The minimum Gasteiger partial charge on any atom is -0.378 e. The molecule has 4 heteroatoms. The van der Waals surface area contributed by atoms with Crippen molar-refractivity contribution in [3.8, 4) is 0 Å². The minimum absolute atomic E-state index is 0.499. The van der Waals surface area contributed by atoms with E-state index in [2.05, 4.69) is 5.10 Å². The van der Waals surface area contributed by atoms with Crippen molar-refractivity contribution in [1.82, 2.24) is 9.78 Å². The number of halogens is 1. The Kier molecular flexibility index (Phi) is 3.08. The van der Waals surface area contributed by atoms with E-state index in [1.165, 1.54) is 25.7 Å². The molecule has 78 valence electrons. The van der Waals surface area contributed by atoms with Crippen LogP contribution in [-0.4, -0.2) is 16.9 Å². The minimum atomic E-state index is 0.499. The van der Waals surface area contributed by atoms with Gasteiger partial charge in [-0.1, -0.05) is 24.4 Å². The predicted octanol–water partition coefficient (Wildman–Crippen LogP) is 2.80. The summed E-state index contributed by atoms with van der Waals surface area (Å²) < 4.78 is 7.03. The molecular weight excluding hydrogens is 200 g/mol. The molecule has 1 heterocycles. The Morgan fingerprint density at radius 2 is 2.29 bits per heavy atom. The standard InChI is InChI=1S/C10H15ClN2O/c1-14-7-10-9(11)6-13(12-10)8-4-2-3-5-8/h6,8H,2-5,7H2,1H3. The van der Waals surface area contributed by atoms with Gasteiger partial charge >= 0.3 is 0 Å². The molecule has 0 amide bonds. The van der Waals surface area contributed by atoms with Crippen molar-refractivity contribution >= 4 is 11.6 Å². The van der Waals surface area contributed by atoms with Crippen molar-refractivity contribution in [3.63, 3.8) is 0 Å². The van der Waals surface area contributed by atoms with Crippen molar-refractivity contribution in [2.75, 3.05) is 7.11 Å². The number of hydrogen-bond donors (Lipinski definition) is 0. The molecule has 0 aliphatic heterocycles. The fraction of sp³-hybridized carbons (Fsp3) is 0.700. The Morgan fingerprint density at radius 3 is 2.93 bits per heavy atom. The Balaban J connectivity index is 2.14. The van der Waals surface area contributed by atoms with Gasteiger partial charge in [-0.25, -0.2) is 0 Å². The molecule has 0 N–H and O–H groups in total.